The fourth-order valence-corrected chi connectivity index (χ4v) is 3.81. The topological polar surface area (TPSA) is 60.9 Å². The van der Waals surface area contributed by atoms with Gasteiger partial charge in [0.2, 0.25) is 10.0 Å². The molecule has 1 aliphatic heterocycles. The van der Waals surface area contributed by atoms with E-state index in [1.54, 1.807) is 25.9 Å². The van der Waals surface area contributed by atoms with Crippen molar-refractivity contribution in [2.45, 2.75) is 24.0 Å². The number of likely N-dealkylation sites (N-methyl/N-ethyl adjacent to an activating group) is 1. The Labute approximate surface area is 118 Å². The maximum atomic E-state index is 13.5. The van der Waals surface area contributed by atoms with Gasteiger partial charge in [-0.25, -0.2) is 12.8 Å². The zero-order valence-corrected chi connectivity index (χ0v) is 12.6. The molecule has 5 nitrogen and oxygen atoms in total. The molecule has 0 saturated carbocycles. The minimum Gasteiger partial charge on any atom is -0.390 e. The number of hydrogen-bond acceptors (Lipinski definition) is 4. The van der Waals surface area contributed by atoms with Gasteiger partial charge in [0.25, 0.3) is 0 Å². The first kappa shape index (κ1) is 15.4. The van der Waals surface area contributed by atoms with Crippen LogP contribution in [0.3, 0.4) is 0 Å². The number of aliphatic hydroxyl groups is 1. The van der Waals surface area contributed by atoms with Crippen molar-refractivity contribution >= 4 is 10.0 Å². The van der Waals surface area contributed by atoms with Crippen LogP contribution in [0, 0.1) is 12.7 Å². The first-order valence-electron chi connectivity index (χ1n) is 6.34. The van der Waals surface area contributed by atoms with E-state index in [0.29, 0.717) is 5.56 Å². The molecule has 7 heteroatoms. The summed E-state index contributed by atoms with van der Waals surface area (Å²) >= 11 is 0. The molecule has 0 aliphatic carbocycles. The zero-order chi connectivity index (χ0) is 15.1. The van der Waals surface area contributed by atoms with Crippen molar-refractivity contribution in [1.29, 1.82) is 0 Å². The second kappa shape index (κ2) is 5.40. The molecule has 1 heterocycles. The normalized spacial score (nSPS) is 24.5. The van der Waals surface area contributed by atoms with Crippen LogP contribution in [0.2, 0.25) is 0 Å². The average Bonchev–Trinajstić information content (AvgIpc) is 2.75. The first-order valence-corrected chi connectivity index (χ1v) is 7.78. The van der Waals surface area contributed by atoms with E-state index < -0.39 is 21.9 Å². The molecule has 20 heavy (non-hydrogen) atoms. The van der Waals surface area contributed by atoms with Gasteiger partial charge in [-0.15, -0.1) is 0 Å². The first-order chi connectivity index (χ1) is 9.23. The van der Waals surface area contributed by atoms with Gasteiger partial charge >= 0.3 is 0 Å². The Balaban J connectivity index is 2.30. The Kier molecular flexibility index (Phi) is 4.15. The Morgan fingerprint density at radius 3 is 2.50 bits per heavy atom. The van der Waals surface area contributed by atoms with Crippen LogP contribution in [0.15, 0.2) is 23.1 Å². The van der Waals surface area contributed by atoms with Gasteiger partial charge in [0, 0.05) is 13.1 Å². The molecule has 1 aromatic carbocycles. The minimum absolute atomic E-state index is 0.0284. The second-order valence-corrected chi connectivity index (χ2v) is 7.27. The van der Waals surface area contributed by atoms with E-state index in [-0.39, 0.29) is 24.0 Å². The molecule has 0 radical (unpaired) electrons. The smallest absolute Gasteiger partial charge is 0.243 e. The minimum atomic E-state index is -3.77. The summed E-state index contributed by atoms with van der Waals surface area (Å²) in [4.78, 5) is 1.71. The third kappa shape index (κ3) is 2.71. The lowest BCUT2D eigenvalue weighted by Crippen LogP contribution is -2.38. The van der Waals surface area contributed by atoms with Crippen LogP contribution in [0.25, 0.3) is 0 Å². The van der Waals surface area contributed by atoms with Crippen LogP contribution in [-0.2, 0) is 10.0 Å². The van der Waals surface area contributed by atoms with Crippen molar-refractivity contribution in [2.24, 2.45) is 0 Å². The van der Waals surface area contributed by atoms with Crippen molar-refractivity contribution < 1.29 is 17.9 Å². The van der Waals surface area contributed by atoms with Crippen LogP contribution in [0.4, 0.5) is 4.39 Å². The molecular formula is C13H19FN2O3S. The van der Waals surface area contributed by atoms with E-state index in [0.717, 1.165) is 6.07 Å². The fourth-order valence-electron chi connectivity index (χ4n) is 2.32. The van der Waals surface area contributed by atoms with Crippen LogP contribution in [-0.4, -0.2) is 62.1 Å². The Bertz CT molecular complexity index is 604. The SMILES string of the molecule is Cc1ccc(S(=O)(=O)N2C[C@H](O)[C@@H](N(C)C)C2)cc1F. The molecule has 112 valence electrons. The van der Waals surface area contributed by atoms with Gasteiger partial charge in [-0.05, 0) is 38.7 Å². The highest BCUT2D eigenvalue weighted by atomic mass is 32.2. The predicted octanol–water partition coefficient (Wildman–Crippen LogP) is 0.430. The lowest BCUT2D eigenvalue weighted by atomic mass is 10.2. The highest BCUT2D eigenvalue weighted by Gasteiger charge is 2.39. The highest BCUT2D eigenvalue weighted by Crippen LogP contribution is 2.24. The van der Waals surface area contributed by atoms with Crippen molar-refractivity contribution in [1.82, 2.24) is 9.21 Å². The predicted molar refractivity (Wildman–Crippen MR) is 73.4 cm³/mol. The monoisotopic (exact) mass is 302 g/mol. The lowest BCUT2D eigenvalue weighted by Gasteiger charge is -2.21. The summed E-state index contributed by atoms with van der Waals surface area (Å²) in [5.74, 6) is -0.546. The number of benzene rings is 1. The number of hydrogen-bond donors (Lipinski definition) is 1. The van der Waals surface area contributed by atoms with Gasteiger partial charge < -0.3 is 10.0 Å². The van der Waals surface area contributed by atoms with E-state index in [9.17, 15) is 17.9 Å². The van der Waals surface area contributed by atoms with Crippen LogP contribution in [0.1, 0.15) is 5.56 Å². The number of β-amino-alcohol motifs (C(OH)–C–C–N with tert-alkyl or cyclic N) is 1. The second-order valence-electron chi connectivity index (χ2n) is 5.33. The highest BCUT2D eigenvalue weighted by molar-refractivity contribution is 7.89. The number of sulfonamides is 1. The van der Waals surface area contributed by atoms with Gasteiger partial charge in [-0.2, -0.15) is 4.31 Å². The number of nitrogens with zero attached hydrogens (tertiary/aromatic N) is 2. The summed E-state index contributed by atoms with van der Waals surface area (Å²) in [5, 5.41) is 9.92. The number of rotatable bonds is 3. The van der Waals surface area contributed by atoms with Gasteiger partial charge in [-0.1, -0.05) is 6.07 Å². The van der Waals surface area contributed by atoms with E-state index >= 15 is 0 Å². The summed E-state index contributed by atoms with van der Waals surface area (Å²) in [6.07, 6.45) is -0.741. The zero-order valence-electron chi connectivity index (χ0n) is 11.7. The molecule has 2 rings (SSSR count). The summed E-state index contributed by atoms with van der Waals surface area (Å²) in [7, 11) is -0.196. The molecule has 0 unspecified atom stereocenters. The maximum absolute atomic E-state index is 13.5. The molecule has 1 aliphatic rings. The third-order valence-electron chi connectivity index (χ3n) is 3.67. The van der Waals surface area contributed by atoms with E-state index in [4.69, 9.17) is 0 Å². The van der Waals surface area contributed by atoms with Crippen molar-refractivity contribution in [3.8, 4) is 0 Å². The molecule has 2 atom stereocenters. The van der Waals surface area contributed by atoms with E-state index in [2.05, 4.69) is 0 Å². The fraction of sp³-hybridized carbons (Fsp3) is 0.538. The quantitative estimate of drug-likeness (QED) is 0.879. The number of halogens is 1. The Hall–Kier alpha value is -1.02. The summed E-state index contributed by atoms with van der Waals surface area (Å²) in [6, 6.07) is 3.61. The molecule has 1 aromatic rings. The van der Waals surface area contributed by atoms with Crippen LogP contribution in [0.5, 0.6) is 0 Å². The number of aliphatic hydroxyl groups excluding tert-OH is 1. The molecule has 1 saturated heterocycles. The van der Waals surface area contributed by atoms with Gasteiger partial charge in [-0.3, -0.25) is 0 Å². The molecule has 0 spiro atoms. The third-order valence-corrected chi connectivity index (χ3v) is 5.50. The van der Waals surface area contributed by atoms with Crippen molar-refractivity contribution in [3.63, 3.8) is 0 Å². The largest absolute Gasteiger partial charge is 0.390 e. The standard InChI is InChI=1S/C13H19FN2O3S/c1-9-4-5-10(6-11(9)14)20(18,19)16-7-12(15(2)3)13(17)8-16/h4-6,12-13,17H,7-8H2,1-3H3/t12-,13-/m0/s1. The molecule has 0 bridgehead atoms. The molecule has 0 aromatic heterocycles. The van der Waals surface area contributed by atoms with E-state index in [1.807, 2.05) is 0 Å². The van der Waals surface area contributed by atoms with Crippen LogP contribution < -0.4 is 0 Å². The van der Waals surface area contributed by atoms with Gasteiger partial charge in [0.15, 0.2) is 0 Å². The molecule has 1 fully saturated rings. The summed E-state index contributed by atoms with van der Waals surface area (Å²) in [5.41, 5.74) is 0.400. The summed E-state index contributed by atoms with van der Waals surface area (Å²) < 4.78 is 39.6. The summed E-state index contributed by atoms with van der Waals surface area (Å²) in [6.45, 7) is 1.81. The van der Waals surface area contributed by atoms with Crippen molar-refractivity contribution in [3.05, 3.63) is 29.6 Å². The average molecular weight is 302 g/mol. The Morgan fingerprint density at radius 2 is 2.00 bits per heavy atom. The van der Waals surface area contributed by atoms with E-state index in [1.165, 1.54) is 16.4 Å². The molecular weight excluding hydrogens is 283 g/mol. The maximum Gasteiger partial charge on any atom is 0.243 e. The number of aryl methyl sites for hydroxylation is 1. The lowest BCUT2D eigenvalue weighted by molar-refractivity contribution is 0.113. The van der Waals surface area contributed by atoms with Crippen LogP contribution >= 0.6 is 0 Å². The molecule has 1 N–H and O–H groups in total. The Morgan fingerprint density at radius 1 is 1.35 bits per heavy atom. The van der Waals surface area contributed by atoms with Gasteiger partial charge in [0.05, 0.1) is 17.0 Å². The molecule has 0 amide bonds. The van der Waals surface area contributed by atoms with Gasteiger partial charge in [0.1, 0.15) is 5.82 Å². The van der Waals surface area contributed by atoms with Crippen molar-refractivity contribution in [2.75, 3.05) is 27.2 Å².